The second kappa shape index (κ2) is 14.9. The fourth-order valence-corrected chi connectivity index (χ4v) is 6.75. The molecular formula is C33H32Cl3N3O4S. The third kappa shape index (κ3) is 8.12. The molecule has 0 saturated carbocycles. The standard InChI is InChI=1S/C33H32Cl3N3O4S/c1-23(2)37-33(41)30(20-24-12-5-3-6-13-24)38(21-25-14-9-10-17-27(25)34)31(40)22-39(29-19-11-18-28(35)32(29)36)44(42,43)26-15-7-4-8-16-26/h3-19,23,30H,20-22H2,1-2H3,(H,37,41). The van der Waals surface area contributed by atoms with Crippen LogP contribution in [0.4, 0.5) is 5.69 Å². The molecule has 1 unspecified atom stereocenters. The number of nitrogens with one attached hydrogen (secondary N) is 1. The number of sulfonamides is 1. The maximum Gasteiger partial charge on any atom is 0.264 e. The lowest BCUT2D eigenvalue weighted by Crippen LogP contribution is -2.54. The Labute approximate surface area is 273 Å². The molecule has 0 aliphatic heterocycles. The summed E-state index contributed by atoms with van der Waals surface area (Å²) < 4.78 is 29.0. The van der Waals surface area contributed by atoms with Crippen molar-refractivity contribution in [1.29, 1.82) is 0 Å². The highest BCUT2D eigenvalue weighted by atomic mass is 35.5. The first-order valence-electron chi connectivity index (χ1n) is 13.9. The molecule has 4 rings (SSSR count). The maximum absolute atomic E-state index is 14.5. The molecule has 0 aliphatic rings. The number of amides is 2. The monoisotopic (exact) mass is 671 g/mol. The van der Waals surface area contributed by atoms with Crippen LogP contribution in [0, 0.1) is 0 Å². The van der Waals surface area contributed by atoms with Gasteiger partial charge in [-0.15, -0.1) is 0 Å². The van der Waals surface area contributed by atoms with E-state index < -0.39 is 28.5 Å². The van der Waals surface area contributed by atoms with E-state index in [9.17, 15) is 18.0 Å². The molecule has 4 aromatic carbocycles. The SMILES string of the molecule is CC(C)NC(=O)C(Cc1ccccc1)N(Cc1ccccc1Cl)C(=O)CN(c1cccc(Cl)c1Cl)S(=O)(=O)c1ccccc1. The first-order chi connectivity index (χ1) is 21.0. The molecule has 2 amide bonds. The molecule has 0 aromatic heterocycles. The Balaban J connectivity index is 1.84. The summed E-state index contributed by atoms with van der Waals surface area (Å²) in [6, 6.07) is 27.4. The summed E-state index contributed by atoms with van der Waals surface area (Å²) in [7, 11) is -4.31. The van der Waals surface area contributed by atoms with Gasteiger partial charge in [0.15, 0.2) is 0 Å². The molecule has 0 fully saturated rings. The van der Waals surface area contributed by atoms with Crippen molar-refractivity contribution in [3.05, 3.63) is 129 Å². The molecule has 0 heterocycles. The van der Waals surface area contributed by atoms with Gasteiger partial charge in [0.05, 0.1) is 20.6 Å². The summed E-state index contributed by atoms with van der Waals surface area (Å²) >= 11 is 19.3. The second-order valence-corrected chi connectivity index (χ2v) is 13.4. The van der Waals surface area contributed by atoms with Gasteiger partial charge in [-0.05, 0) is 55.3 Å². The Morgan fingerprint density at radius 1 is 0.773 bits per heavy atom. The lowest BCUT2D eigenvalue weighted by Gasteiger charge is -2.34. The summed E-state index contributed by atoms with van der Waals surface area (Å²) in [6.45, 7) is 2.94. The van der Waals surface area contributed by atoms with E-state index in [1.807, 2.05) is 44.2 Å². The van der Waals surface area contributed by atoms with Crippen LogP contribution in [-0.2, 0) is 32.6 Å². The summed E-state index contributed by atoms with van der Waals surface area (Å²) in [5.74, 6) is -1.03. The Morgan fingerprint density at radius 3 is 2.00 bits per heavy atom. The molecule has 4 aromatic rings. The zero-order valence-electron chi connectivity index (χ0n) is 24.2. The van der Waals surface area contributed by atoms with Crippen LogP contribution in [0.5, 0.6) is 0 Å². The van der Waals surface area contributed by atoms with Crippen molar-refractivity contribution >= 4 is 62.3 Å². The van der Waals surface area contributed by atoms with E-state index in [1.54, 1.807) is 48.5 Å². The smallest absolute Gasteiger partial charge is 0.264 e. The van der Waals surface area contributed by atoms with Gasteiger partial charge in [0.1, 0.15) is 12.6 Å². The van der Waals surface area contributed by atoms with Crippen LogP contribution in [0.3, 0.4) is 0 Å². The van der Waals surface area contributed by atoms with Crippen molar-refractivity contribution in [2.24, 2.45) is 0 Å². The van der Waals surface area contributed by atoms with Gasteiger partial charge in [-0.25, -0.2) is 8.42 Å². The fourth-order valence-electron chi connectivity index (χ4n) is 4.66. The Bertz CT molecular complexity index is 1700. The second-order valence-electron chi connectivity index (χ2n) is 10.4. The van der Waals surface area contributed by atoms with Crippen LogP contribution in [0.1, 0.15) is 25.0 Å². The summed E-state index contributed by atoms with van der Waals surface area (Å²) in [5, 5.41) is 3.41. The molecule has 0 bridgehead atoms. The van der Waals surface area contributed by atoms with Crippen molar-refractivity contribution in [2.75, 3.05) is 10.8 Å². The number of carbonyl (C=O) groups is 2. The number of nitrogens with zero attached hydrogens (tertiary/aromatic N) is 2. The van der Waals surface area contributed by atoms with Gasteiger partial charge in [0.2, 0.25) is 11.8 Å². The summed E-state index contributed by atoms with van der Waals surface area (Å²) in [6.07, 6.45) is 0.180. The van der Waals surface area contributed by atoms with E-state index in [1.165, 1.54) is 29.2 Å². The van der Waals surface area contributed by atoms with Gasteiger partial charge in [0, 0.05) is 24.0 Å². The molecule has 230 valence electrons. The topological polar surface area (TPSA) is 86.8 Å². The average molecular weight is 673 g/mol. The first kappa shape index (κ1) is 33.3. The highest BCUT2D eigenvalue weighted by Crippen LogP contribution is 2.35. The first-order valence-corrected chi connectivity index (χ1v) is 16.5. The van der Waals surface area contributed by atoms with Crippen molar-refractivity contribution in [1.82, 2.24) is 10.2 Å². The minimum absolute atomic E-state index is 0.0281. The van der Waals surface area contributed by atoms with Gasteiger partial charge < -0.3 is 10.2 Å². The molecule has 0 aliphatic carbocycles. The van der Waals surface area contributed by atoms with Crippen molar-refractivity contribution < 1.29 is 18.0 Å². The third-order valence-electron chi connectivity index (χ3n) is 6.81. The van der Waals surface area contributed by atoms with Crippen molar-refractivity contribution in [3.63, 3.8) is 0 Å². The van der Waals surface area contributed by atoms with E-state index in [0.717, 1.165) is 9.87 Å². The van der Waals surface area contributed by atoms with Gasteiger partial charge in [-0.3, -0.25) is 13.9 Å². The number of hydrogen-bond donors (Lipinski definition) is 1. The van der Waals surface area contributed by atoms with Crippen LogP contribution in [-0.4, -0.2) is 43.8 Å². The summed E-state index contributed by atoms with van der Waals surface area (Å²) in [4.78, 5) is 29.5. The normalized spacial score (nSPS) is 12.0. The molecule has 1 atom stereocenters. The zero-order chi connectivity index (χ0) is 31.9. The fraction of sp³-hybridized carbons (Fsp3) is 0.212. The highest BCUT2D eigenvalue weighted by molar-refractivity contribution is 7.92. The van der Waals surface area contributed by atoms with Crippen LogP contribution in [0.2, 0.25) is 15.1 Å². The molecular weight excluding hydrogens is 641 g/mol. The lowest BCUT2D eigenvalue weighted by molar-refractivity contribution is -0.140. The predicted octanol–water partition coefficient (Wildman–Crippen LogP) is 7.01. The zero-order valence-corrected chi connectivity index (χ0v) is 27.2. The molecule has 11 heteroatoms. The molecule has 0 radical (unpaired) electrons. The Hall–Kier alpha value is -3.56. The van der Waals surface area contributed by atoms with Crippen molar-refractivity contribution in [2.45, 2.75) is 43.8 Å². The number of benzene rings is 4. The van der Waals surface area contributed by atoms with Crippen LogP contribution in [0.15, 0.2) is 108 Å². The minimum Gasteiger partial charge on any atom is -0.352 e. The largest absolute Gasteiger partial charge is 0.352 e. The van der Waals surface area contributed by atoms with Gasteiger partial charge in [0.25, 0.3) is 10.0 Å². The number of anilines is 1. The highest BCUT2D eigenvalue weighted by Gasteiger charge is 2.35. The summed E-state index contributed by atoms with van der Waals surface area (Å²) in [5.41, 5.74) is 1.44. The Kier molecular flexibility index (Phi) is 11.3. The predicted molar refractivity (Wildman–Crippen MR) is 177 cm³/mol. The molecule has 0 saturated heterocycles. The minimum atomic E-state index is -4.31. The van der Waals surface area contributed by atoms with E-state index >= 15 is 0 Å². The van der Waals surface area contributed by atoms with E-state index in [4.69, 9.17) is 34.8 Å². The quantitative estimate of drug-likeness (QED) is 0.176. The molecule has 7 nitrogen and oxygen atoms in total. The lowest BCUT2D eigenvalue weighted by atomic mass is 10.0. The number of rotatable bonds is 12. The Morgan fingerprint density at radius 2 is 1.36 bits per heavy atom. The van der Waals surface area contributed by atoms with Crippen LogP contribution in [0.25, 0.3) is 0 Å². The van der Waals surface area contributed by atoms with E-state index in [-0.39, 0.29) is 45.5 Å². The van der Waals surface area contributed by atoms with Gasteiger partial charge in [-0.1, -0.05) is 108 Å². The number of carbonyl (C=O) groups excluding carboxylic acids is 2. The number of halogens is 3. The third-order valence-corrected chi connectivity index (χ3v) is 9.76. The van der Waals surface area contributed by atoms with Crippen molar-refractivity contribution in [3.8, 4) is 0 Å². The van der Waals surface area contributed by atoms with Crippen LogP contribution < -0.4 is 9.62 Å². The average Bonchev–Trinajstić information content (AvgIpc) is 3.00. The number of hydrogen-bond acceptors (Lipinski definition) is 4. The maximum atomic E-state index is 14.5. The van der Waals surface area contributed by atoms with E-state index in [0.29, 0.717) is 10.6 Å². The van der Waals surface area contributed by atoms with Crippen LogP contribution >= 0.6 is 34.8 Å². The van der Waals surface area contributed by atoms with Gasteiger partial charge in [-0.2, -0.15) is 0 Å². The molecule has 1 N–H and O–H groups in total. The van der Waals surface area contributed by atoms with E-state index in [2.05, 4.69) is 5.32 Å². The molecule has 44 heavy (non-hydrogen) atoms. The molecule has 0 spiro atoms. The van der Waals surface area contributed by atoms with Gasteiger partial charge >= 0.3 is 0 Å².